The summed E-state index contributed by atoms with van der Waals surface area (Å²) in [6.07, 6.45) is 4.54. The standard InChI is InChI=1S/C21H21N3O3/c1-14-8-15(2)10-16(9-14)13-27-19-11-17(4-5-18(19)26-3)21(25)24-20-12-22-6-7-23-20/h4-12H,13H2,1-3H3,(H,23,24,25). The number of carbonyl (C=O) groups is 1. The van der Waals surface area contributed by atoms with E-state index in [2.05, 4.69) is 47.3 Å². The van der Waals surface area contributed by atoms with Crippen molar-refractivity contribution in [3.63, 3.8) is 0 Å². The third kappa shape index (κ3) is 4.82. The number of aromatic nitrogens is 2. The summed E-state index contributed by atoms with van der Waals surface area (Å²) >= 11 is 0. The van der Waals surface area contributed by atoms with Gasteiger partial charge in [0.15, 0.2) is 17.3 Å². The van der Waals surface area contributed by atoms with Crippen LogP contribution in [-0.2, 0) is 6.61 Å². The van der Waals surface area contributed by atoms with Crippen LogP contribution in [0, 0.1) is 13.8 Å². The zero-order valence-corrected chi connectivity index (χ0v) is 15.5. The van der Waals surface area contributed by atoms with E-state index in [0.29, 0.717) is 29.5 Å². The summed E-state index contributed by atoms with van der Waals surface area (Å²) in [5, 5.41) is 2.70. The van der Waals surface area contributed by atoms with E-state index < -0.39 is 0 Å². The molecule has 1 aromatic heterocycles. The summed E-state index contributed by atoms with van der Waals surface area (Å²) in [5.74, 6) is 1.16. The third-order valence-electron chi connectivity index (χ3n) is 3.91. The molecule has 3 rings (SSSR count). The Hall–Kier alpha value is -3.41. The molecule has 0 bridgehead atoms. The fourth-order valence-electron chi connectivity index (χ4n) is 2.80. The number of methoxy groups -OCH3 is 1. The van der Waals surface area contributed by atoms with E-state index in [1.165, 1.54) is 23.5 Å². The first-order valence-electron chi connectivity index (χ1n) is 8.50. The predicted molar refractivity (Wildman–Crippen MR) is 103 cm³/mol. The highest BCUT2D eigenvalue weighted by molar-refractivity contribution is 6.04. The number of hydrogen-bond donors (Lipinski definition) is 1. The number of benzene rings is 2. The maximum atomic E-state index is 12.5. The van der Waals surface area contributed by atoms with Gasteiger partial charge in [0.05, 0.1) is 13.3 Å². The molecule has 138 valence electrons. The van der Waals surface area contributed by atoms with Crippen LogP contribution < -0.4 is 14.8 Å². The van der Waals surface area contributed by atoms with Gasteiger partial charge in [0.25, 0.3) is 5.91 Å². The minimum absolute atomic E-state index is 0.297. The molecule has 3 aromatic rings. The summed E-state index contributed by atoms with van der Waals surface area (Å²) < 4.78 is 11.3. The van der Waals surface area contributed by atoms with Crippen molar-refractivity contribution in [2.24, 2.45) is 0 Å². The van der Waals surface area contributed by atoms with Crippen LogP contribution in [0.15, 0.2) is 55.0 Å². The van der Waals surface area contributed by atoms with Gasteiger partial charge in [-0.3, -0.25) is 9.78 Å². The van der Waals surface area contributed by atoms with E-state index in [0.717, 1.165) is 5.56 Å². The first-order chi connectivity index (χ1) is 13.0. The highest BCUT2D eigenvalue weighted by atomic mass is 16.5. The normalized spacial score (nSPS) is 10.3. The largest absolute Gasteiger partial charge is 0.493 e. The lowest BCUT2D eigenvalue weighted by Crippen LogP contribution is -2.13. The number of anilines is 1. The fourth-order valence-corrected chi connectivity index (χ4v) is 2.80. The molecule has 0 radical (unpaired) electrons. The topological polar surface area (TPSA) is 73.3 Å². The van der Waals surface area contributed by atoms with Crippen LogP contribution in [0.2, 0.25) is 0 Å². The predicted octanol–water partition coefficient (Wildman–Crippen LogP) is 3.93. The number of hydrogen-bond acceptors (Lipinski definition) is 5. The molecular weight excluding hydrogens is 342 g/mol. The first kappa shape index (κ1) is 18.4. The van der Waals surface area contributed by atoms with Crippen molar-refractivity contribution in [2.45, 2.75) is 20.5 Å². The van der Waals surface area contributed by atoms with Crippen molar-refractivity contribution >= 4 is 11.7 Å². The maximum Gasteiger partial charge on any atom is 0.256 e. The van der Waals surface area contributed by atoms with Crippen LogP contribution in [0.1, 0.15) is 27.0 Å². The molecule has 1 amide bonds. The lowest BCUT2D eigenvalue weighted by molar-refractivity contribution is 0.102. The summed E-state index contributed by atoms with van der Waals surface area (Å²) in [6.45, 7) is 4.48. The molecule has 1 heterocycles. The van der Waals surface area contributed by atoms with Gasteiger partial charge in [0.1, 0.15) is 6.61 Å². The molecule has 0 spiro atoms. The average molecular weight is 363 g/mol. The van der Waals surface area contributed by atoms with Crippen LogP contribution in [0.5, 0.6) is 11.5 Å². The van der Waals surface area contributed by atoms with E-state index in [4.69, 9.17) is 9.47 Å². The zero-order valence-electron chi connectivity index (χ0n) is 15.5. The van der Waals surface area contributed by atoms with E-state index in [9.17, 15) is 4.79 Å². The van der Waals surface area contributed by atoms with Crippen molar-refractivity contribution in [3.05, 3.63) is 77.2 Å². The van der Waals surface area contributed by atoms with E-state index in [1.807, 2.05) is 0 Å². The van der Waals surface area contributed by atoms with Crippen LogP contribution in [0.25, 0.3) is 0 Å². The molecule has 0 aliphatic heterocycles. The Balaban J connectivity index is 1.77. The molecule has 6 heteroatoms. The number of aryl methyl sites for hydroxylation is 2. The Bertz CT molecular complexity index is 922. The number of nitrogens with zero attached hydrogens (tertiary/aromatic N) is 2. The second-order valence-corrected chi connectivity index (χ2v) is 6.20. The van der Waals surface area contributed by atoms with Gasteiger partial charge < -0.3 is 14.8 Å². The molecule has 1 N–H and O–H groups in total. The van der Waals surface area contributed by atoms with Crippen molar-refractivity contribution < 1.29 is 14.3 Å². The zero-order chi connectivity index (χ0) is 19.2. The molecule has 0 unspecified atom stereocenters. The lowest BCUT2D eigenvalue weighted by Gasteiger charge is -2.13. The van der Waals surface area contributed by atoms with Gasteiger partial charge in [-0.1, -0.05) is 29.3 Å². The van der Waals surface area contributed by atoms with E-state index >= 15 is 0 Å². The minimum atomic E-state index is -0.297. The Morgan fingerprint density at radius 1 is 1.04 bits per heavy atom. The molecule has 6 nitrogen and oxygen atoms in total. The molecule has 0 saturated heterocycles. The van der Waals surface area contributed by atoms with Crippen LogP contribution >= 0.6 is 0 Å². The van der Waals surface area contributed by atoms with Crippen LogP contribution in [0.4, 0.5) is 5.82 Å². The van der Waals surface area contributed by atoms with Crippen molar-refractivity contribution in [3.8, 4) is 11.5 Å². The Labute approximate surface area is 158 Å². The van der Waals surface area contributed by atoms with Gasteiger partial charge >= 0.3 is 0 Å². The molecule has 0 aliphatic carbocycles. The van der Waals surface area contributed by atoms with Crippen LogP contribution in [0.3, 0.4) is 0 Å². The van der Waals surface area contributed by atoms with Gasteiger partial charge in [-0.15, -0.1) is 0 Å². The van der Waals surface area contributed by atoms with Crippen molar-refractivity contribution in [1.29, 1.82) is 0 Å². The highest BCUT2D eigenvalue weighted by Crippen LogP contribution is 2.29. The molecule has 0 atom stereocenters. The average Bonchev–Trinajstić information content (AvgIpc) is 2.66. The molecule has 0 saturated carbocycles. The summed E-state index contributed by atoms with van der Waals surface area (Å²) in [5.41, 5.74) is 3.86. The van der Waals surface area contributed by atoms with Crippen LogP contribution in [-0.4, -0.2) is 23.0 Å². The SMILES string of the molecule is COc1ccc(C(=O)Nc2cnccn2)cc1OCc1cc(C)cc(C)c1. The number of amides is 1. The van der Waals surface area contributed by atoms with Gasteiger partial charge in [-0.25, -0.2) is 4.98 Å². The quantitative estimate of drug-likeness (QED) is 0.718. The third-order valence-corrected chi connectivity index (χ3v) is 3.91. The summed E-state index contributed by atoms with van der Waals surface area (Å²) in [4.78, 5) is 20.4. The van der Waals surface area contributed by atoms with Gasteiger partial charge in [0.2, 0.25) is 0 Å². The van der Waals surface area contributed by atoms with Crippen molar-refractivity contribution in [2.75, 3.05) is 12.4 Å². The van der Waals surface area contributed by atoms with Gasteiger partial charge in [0, 0.05) is 18.0 Å². The smallest absolute Gasteiger partial charge is 0.256 e. The molecule has 2 aromatic carbocycles. The minimum Gasteiger partial charge on any atom is -0.493 e. The summed E-state index contributed by atoms with van der Waals surface area (Å²) in [7, 11) is 1.57. The van der Waals surface area contributed by atoms with E-state index in [1.54, 1.807) is 31.5 Å². The van der Waals surface area contributed by atoms with Gasteiger partial charge in [-0.2, -0.15) is 0 Å². The summed E-state index contributed by atoms with van der Waals surface area (Å²) in [6, 6.07) is 11.3. The number of rotatable bonds is 6. The Morgan fingerprint density at radius 3 is 2.48 bits per heavy atom. The second-order valence-electron chi connectivity index (χ2n) is 6.20. The fraction of sp³-hybridized carbons (Fsp3) is 0.190. The number of carbonyl (C=O) groups excluding carboxylic acids is 1. The van der Waals surface area contributed by atoms with Gasteiger partial charge in [-0.05, 0) is 37.6 Å². The van der Waals surface area contributed by atoms with E-state index in [-0.39, 0.29) is 5.91 Å². The molecule has 27 heavy (non-hydrogen) atoms. The first-order valence-corrected chi connectivity index (χ1v) is 8.50. The van der Waals surface area contributed by atoms with Crippen molar-refractivity contribution in [1.82, 2.24) is 9.97 Å². The lowest BCUT2D eigenvalue weighted by atomic mass is 10.1. The maximum absolute atomic E-state index is 12.5. The molecule has 0 aliphatic rings. The Kier molecular flexibility index (Phi) is 5.66. The second kappa shape index (κ2) is 8.31. The number of ether oxygens (including phenoxy) is 2. The highest BCUT2D eigenvalue weighted by Gasteiger charge is 2.12. The monoisotopic (exact) mass is 363 g/mol. The number of nitrogens with one attached hydrogen (secondary N) is 1. The Morgan fingerprint density at radius 2 is 1.81 bits per heavy atom. The molecule has 0 fully saturated rings. The molecular formula is C21H21N3O3.